The largest absolute Gasteiger partial charge is 0.478 e. The van der Waals surface area contributed by atoms with Crippen molar-refractivity contribution in [2.75, 3.05) is 6.54 Å². The molecule has 0 saturated heterocycles. The van der Waals surface area contributed by atoms with Crippen LogP contribution < -0.4 is 10.1 Å². The van der Waals surface area contributed by atoms with E-state index in [2.05, 4.69) is 5.32 Å². The van der Waals surface area contributed by atoms with E-state index >= 15 is 0 Å². The van der Waals surface area contributed by atoms with Crippen LogP contribution in [0.1, 0.15) is 18.9 Å². The van der Waals surface area contributed by atoms with E-state index in [0.717, 1.165) is 5.56 Å². The molecule has 0 aromatic heterocycles. The molecule has 0 radical (unpaired) electrons. The highest BCUT2D eigenvalue weighted by Gasteiger charge is 2.19. The van der Waals surface area contributed by atoms with Crippen LogP contribution in [0.4, 0.5) is 8.78 Å². The van der Waals surface area contributed by atoms with E-state index in [1.54, 1.807) is 31.2 Å². The van der Waals surface area contributed by atoms with Gasteiger partial charge in [0, 0.05) is 6.54 Å². The van der Waals surface area contributed by atoms with Gasteiger partial charge in [-0.2, -0.15) is 0 Å². The van der Waals surface area contributed by atoms with Crippen molar-refractivity contribution in [1.29, 1.82) is 0 Å². The number of carbonyl (C=O) groups excluding carboxylic acids is 1. The number of ether oxygens (including phenoxy) is 1. The van der Waals surface area contributed by atoms with E-state index in [9.17, 15) is 13.6 Å². The van der Waals surface area contributed by atoms with E-state index in [-0.39, 0.29) is 17.5 Å². The number of hydrogen-bond acceptors (Lipinski definition) is 2. The minimum absolute atomic E-state index is 0.0630. The number of amides is 1. The first-order valence-electron chi connectivity index (χ1n) is 7.53. The molecule has 1 amide bonds. The van der Waals surface area contributed by atoms with Crippen molar-refractivity contribution in [2.24, 2.45) is 0 Å². The molecule has 5 heteroatoms. The second-order valence-electron chi connectivity index (χ2n) is 5.11. The van der Waals surface area contributed by atoms with Gasteiger partial charge in [0.05, 0.1) is 0 Å². The SMILES string of the molecule is CCC(Oc1ccccc1F)C(=O)NCCc1ccc(F)cc1. The zero-order valence-corrected chi connectivity index (χ0v) is 12.9. The molecule has 0 saturated carbocycles. The maximum Gasteiger partial charge on any atom is 0.261 e. The van der Waals surface area contributed by atoms with Crippen LogP contribution in [0.2, 0.25) is 0 Å². The van der Waals surface area contributed by atoms with Gasteiger partial charge < -0.3 is 10.1 Å². The molecule has 3 nitrogen and oxygen atoms in total. The highest BCUT2D eigenvalue weighted by molar-refractivity contribution is 5.81. The minimum atomic E-state index is -0.750. The van der Waals surface area contributed by atoms with Gasteiger partial charge in [-0.1, -0.05) is 31.2 Å². The first kappa shape index (κ1) is 16.9. The van der Waals surface area contributed by atoms with Crippen LogP contribution in [0.3, 0.4) is 0 Å². The van der Waals surface area contributed by atoms with Crippen molar-refractivity contribution >= 4 is 5.91 Å². The van der Waals surface area contributed by atoms with Crippen LogP contribution in [-0.2, 0) is 11.2 Å². The zero-order valence-electron chi connectivity index (χ0n) is 12.9. The molecule has 2 rings (SSSR count). The van der Waals surface area contributed by atoms with Gasteiger partial charge in [0.15, 0.2) is 17.7 Å². The molecular weight excluding hydrogens is 300 g/mol. The van der Waals surface area contributed by atoms with E-state index in [1.807, 2.05) is 0 Å². The minimum Gasteiger partial charge on any atom is -0.478 e. The van der Waals surface area contributed by atoms with Crippen LogP contribution in [0, 0.1) is 11.6 Å². The van der Waals surface area contributed by atoms with E-state index < -0.39 is 11.9 Å². The van der Waals surface area contributed by atoms with Gasteiger partial charge in [-0.15, -0.1) is 0 Å². The lowest BCUT2D eigenvalue weighted by Crippen LogP contribution is -2.39. The van der Waals surface area contributed by atoms with Gasteiger partial charge in [-0.05, 0) is 42.7 Å². The van der Waals surface area contributed by atoms with Crippen LogP contribution >= 0.6 is 0 Å². The fourth-order valence-electron chi connectivity index (χ4n) is 2.11. The van der Waals surface area contributed by atoms with Crippen molar-refractivity contribution in [2.45, 2.75) is 25.9 Å². The Labute approximate surface area is 134 Å². The summed E-state index contributed by atoms with van der Waals surface area (Å²) in [6.45, 7) is 2.20. The fourth-order valence-corrected chi connectivity index (χ4v) is 2.11. The third kappa shape index (κ3) is 5.06. The number of benzene rings is 2. The highest BCUT2D eigenvalue weighted by atomic mass is 19.1. The monoisotopic (exact) mass is 319 g/mol. The summed E-state index contributed by atoms with van der Waals surface area (Å²) in [7, 11) is 0. The molecule has 122 valence electrons. The standard InChI is InChI=1S/C18H19F2NO2/c1-2-16(23-17-6-4-3-5-15(17)20)18(22)21-12-11-13-7-9-14(19)10-8-13/h3-10,16H,2,11-12H2,1H3,(H,21,22). The number of rotatable bonds is 7. The Kier molecular flexibility index (Phi) is 6.09. The third-order valence-electron chi connectivity index (χ3n) is 3.40. The lowest BCUT2D eigenvalue weighted by Gasteiger charge is -2.17. The Morgan fingerprint density at radius 1 is 1.13 bits per heavy atom. The summed E-state index contributed by atoms with van der Waals surface area (Å²) in [6, 6.07) is 12.1. The Morgan fingerprint density at radius 3 is 2.48 bits per heavy atom. The summed E-state index contributed by atoms with van der Waals surface area (Å²) in [5.41, 5.74) is 0.926. The van der Waals surface area contributed by atoms with Crippen LogP contribution in [-0.4, -0.2) is 18.6 Å². The molecule has 0 aliphatic carbocycles. The summed E-state index contributed by atoms with van der Waals surface area (Å²) in [5.74, 6) is -1.02. The molecule has 1 N–H and O–H groups in total. The normalized spacial score (nSPS) is 11.8. The van der Waals surface area contributed by atoms with Gasteiger partial charge in [0.1, 0.15) is 5.82 Å². The summed E-state index contributed by atoms with van der Waals surface area (Å²) >= 11 is 0. The average Bonchev–Trinajstić information content (AvgIpc) is 2.56. The van der Waals surface area contributed by atoms with Crippen LogP contribution in [0.15, 0.2) is 48.5 Å². The van der Waals surface area contributed by atoms with Gasteiger partial charge in [-0.3, -0.25) is 4.79 Å². The topological polar surface area (TPSA) is 38.3 Å². The van der Waals surface area contributed by atoms with Crippen molar-refractivity contribution in [3.05, 3.63) is 65.7 Å². The summed E-state index contributed by atoms with van der Waals surface area (Å²) in [5, 5.41) is 2.76. The van der Waals surface area contributed by atoms with Gasteiger partial charge in [0.2, 0.25) is 0 Å². The highest BCUT2D eigenvalue weighted by Crippen LogP contribution is 2.18. The van der Waals surface area contributed by atoms with E-state index in [0.29, 0.717) is 19.4 Å². The predicted octanol–water partition coefficient (Wildman–Crippen LogP) is 3.48. The molecule has 0 bridgehead atoms. The maximum absolute atomic E-state index is 13.6. The molecule has 0 heterocycles. The predicted molar refractivity (Wildman–Crippen MR) is 84.2 cm³/mol. The molecule has 0 spiro atoms. The average molecular weight is 319 g/mol. The molecule has 0 aliphatic heterocycles. The van der Waals surface area contributed by atoms with Crippen molar-refractivity contribution in [1.82, 2.24) is 5.32 Å². The third-order valence-corrected chi connectivity index (χ3v) is 3.40. The maximum atomic E-state index is 13.6. The van der Waals surface area contributed by atoms with Crippen molar-refractivity contribution in [3.8, 4) is 5.75 Å². The number of para-hydroxylation sites is 1. The molecular formula is C18H19F2NO2. The van der Waals surface area contributed by atoms with Crippen LogP contribution in [0.5, 0.6) is 5.75 Å². The fraction of sp³-hybridized carbons (Fsp3) is 0.278. The van der Waals surface area contributed by atoms with Crippen molar-refractivity contribution in [3.63, 3.8) is 0 Å². The number of hydrogen-bond donors (Lipinski definition) is 1. The van der Waals surface area contributed by atoms with Gasteiger partial charge >= 0.3 is 0 Å². The van der Waals surface area contributed by atoms with Gasteiger partial charge in [-0.25, -0.2) is 8.78 Å². The molecule has 2 aromatic carbocycles. The number of nitrogens with one attached hydrogen (secondary N) is 1. The summed E-state index contributed by atoms with van der Waals surface area (Å²) in [6.07, 6.45) is 0.263. The quantitative estimate of drug-likeness (QED) is 0.848. The van der Waals surface area contributed by atoms with Gasteiger partial charge in [0.25, 0.3) is 5.91 Å². The summed E-state index contributed by atoms with van der Waals surface area (Å²) in [4.78, 5) is 12.1. The van der Waals surface area contributed by atoms with E-state index in [4.69, 9.17) is 4.74 Å². The molecule has 2 aromatic rings. The Morgan fingerprint density at radius 2 is 1.83 bits per heavy atom. The number of halogens is 2. The lowest BCUT2D eigenvalue weighted by atomic mass is 10.1. The Hall–Kier alpha value is -2.43. The second kappa shape index (κ2) is 8.27. The zero-order chi connectivity index (χ0) is 16.7. The number of carbonyl (C=O) groups is 1. The molecule has 0 aliphatic rings. The molecule has 1 unspecified atom stereocenters. The first-order valence-corrected chi connectivity index (χ1v) is 7.53. The second-order valence-corrected chi connectivity index (χ2v) is 5.11. The Bertz CT molecular complexity index is 644. The molecule has 23 heavy (non-hydrogen) atoms. The van der Waals surface area contributed by atoms with Crippen LogP contribution in [0.25, 0.3) is 0 Å². The van der Waals surface area contributed by atoms with E-state index in [1.165, 1.54) is 24.3 Å². The van der Waals surface area contributed by atoms with Crippen molar-refractivity contribution < 1.29 is 18.3 Å². The molecule has 1 atom stereocenters. The smallest absolute Gasteiger partial charge is 0.261 e. The lowest BCUT2D eigenvalue weighted by molar-refractivity contribution is -0.128. The molecule has 0 fully saturated rings. The first-order chi connectivity index (χ1) is 11.1. The Balaban J connectivity index is 1.85. The summed E-state index contributed by atoms with van der Waals surface area (Å²) < 4.78 is 31.8.